The molecule has 0 saturated carbocycles. The van der Waals surface area contributed by atoms with E-state index in [0.717, 1.165) is 12.1 Å². The molecule has 0 saturated heterocycles. The summed E-state index contributed by atoms with van der Waals surface area (Å²) in [7, 11) is 1.49. The Bertz CT molecular complexity index is 317. The summed E-state index contributed by atoms with van der Waals surface area (Å²) in [5.41, 5.74) is -0.0686. The van der Waals surface area contributed by atoms with Gasteiger partial charge in [0.2, 0.25) is 0 Å². The molecule has 0 unspecified atom stereocenters. The minimum absolute atomic E-state index is 0.0686. The van der Waals surface area contributed by atoms with Gasteiger partial charge in [-0.05, 0) is 12.1 Å². The highest BCUT2D eigenvalue weighted by Crippen LogP contribution is 2.18. The molecule has 14 heavy (non-hydrogen) atoms. The van der Waals surface area contributed by atoms with E-state index in [4.69, 9.17) is 4.74 Å². The lowest BCUT2D eigenvalue weighted by Gasteiger charge is -2.07. The zero-order chi connectivity index (χ0) is 10.6. The van der Waals surface area contributed by atoms with Gasteiger partial charge >= 0.3 is 0 Å². The lowest BCUT2D eigenvalue weighted by Crippen LogP contribution is -2.09. The Hall–Kier alpha value is -1.23. The summed E-state index contributed by atoms with van der Waals surface area (Å²) in [6.45, 7) is 0.691. The first-order chi connectivity index (χ1) is 6.66. The molecule has 0 atom stereocenters. The van der Waals surface area contributed by atoms with E-state index in [-0.39, 0.29) is 5.69 Å². The van der Waals surface area contributed by atoms with E-state index in [1.54, 1.807) is 0 Å². The SMILES string of the molecule is COCCNc1ccc(F)c(F)c1F. The van der Waals surface area contributed by atoms with Gasteiger partial charge < -0.3 is 10.1 Å². The highest BCUT2D eigenvalue weighted by Gasteiger charge is 2.12. The summed E-state index contributed by atoms with van der Waals surface area (Å²) in [5.74, 6) is -3.87. The zero-order valence-electron chi connectivity index (χ0n) is 7.61. The fourth-order valence-corrected chi connectivity index (χ4v) is 0.950. The van der Waals surface area contributed by atoms with Crippen molar-refractivity contribution in [2.24, 2.45) is 0 Å². The molecule has 0 amide bonds. The molecule has 1 rings (SSSR count). The average Bonchev–Trinajstić information content (AvgIpc) is 2.18. The fourth-order valence-electron chi connectivity index (χ4n) is 0.950. The number of ether oxygens (including phenoxy) is 1. The first-order valence-corrected chi connectivity index (χ1v) is 4.03. The molecule has 0 fully saturated rings. The summed E-state index contributed by atoms with van der Waals surface area (Å²) in [5, 5.41) is 2.58. The van der Waals surface area contributed by atoms with Crippen LogP contribution < -0.4 is 5.32 Å². The maximum Gasteiger partial charge on any atom is 0.196 e. The van der Waals surface area contributed by atoms with E-state index < -0.39 is 17.5 Å². The van der Waals surface area contributed by atoms with Crippen molar-refractivity contribution in [1.29, 1.82) is 0 Å². The molecule has 0 aliphatic carbocycles. The molecule has 1 aromatic rings. The number of hydrogen-bond acceptors (Lipinski definition) is 2. The van der Waals surface area contributed by atoms with Crippen molar-refractivity contribution in [3.05, 3.63) is 29.6 Å². The summed E-state index contributed by atoms with van der Waals surface area (Å²) in [6.07, 6.45) is 0. The quantitative estimate of drug-likeness (QED) is 0.600. The predicted octanol–water partition coefficient (Wildman–Crippen LogP) is 2.16. The molecular weight excluding hydrogens is 195 g/mol. The fraction of sp³-hybridized carbons (Fsp3) is 0.333. The van der Waals surface area contributed by atoms with Crippen LogP contribution in [0.4, 0.5) is 18.9 Å². The Morgan fingerprint density at radius 1 is 1.21 bits per heavy atom. The van der Waals surface area contributed by atoms with Crippen LogP contribution in [0.15, 0.2) is 12.1 Å². The molecule has 1 N–H and O–H groups in total. The Balaban J connectivity index is 2.73. The summed E-state index contributed by atoms with van der Waals surface area (Å²) in [6, 6.07) is 2.01. The topological polar surface area (TPSA) is 21.3 Å². The van der Waals surface area contributed by atoms with Gasteiger partial charge in [0.15, 0.2) is 17.5 Å². The van der Waals surface area contributed by atoms with E-state index in [0.29, 0.717) is 13.2 Å². The molecule has 5 heteroatoms. The second-order valence-electron chi connectivity index (χ2n) is 2.64. The van der Waals surface area contributed by atoms with Crippen LogP contribution >= 0.6 is 0 Å². The Labute approximate surface area is 79.7 Å². The largest absolute Gasteiger partial charge is 0.383 e. The maximum atomic E-state index is 13.0. The minimum Gasteiger partial charge on any atom is -0.383 e. The molecule has 2 nitrogen and oxygen atoms in total. The van der Waals surface area contributed by atoms with Crippen molar-refractivity contribution in [2.45, 2.75) is 0 Å². The molecule has 0 heterocycles. The number of hydrogen-bond donors (Lipinski definition) is 1. The van der Waals surface area contributed by atoms with Gasteiger partial charge in [-0.25, -0.2) is 13.2 Å². The summed E-state index contributed by atoms with van der Waals surface area (Å²) in [4.78, 5) is 0. The van der Waals surface area contributed by atoms with Crippen molar-refractivity contribution >= 4 is 5.69 Å². The second kappa shape index (κ2) is 4.85. The Morgan fingerprint density at radius 2 is 1.93 bits per heavy atom. The van der Waals surface area contributed by atoms with Gasteiger partial charge in [0.1, 0.15) is 0 Å². The standard InChI is InChI=1S/C9H10F3NO/c1-14-5-4-13-7-3-2-6(10)8(11)9(7)12/h2-3,13H,4-5H2,1H3. The van der Waals surface area contributed by atoms with Crippen molar-refractivity contribution in [3.8, 4) is 0 Å². The lowest BCUT2D eigenvalue weighted by molar-refractivity contribution is 0.210. The van der Waals surface area contributed by atoms with Crippen LogP contribution in [0.25, 0.3) is 0 Å². The van der Waals surface area contributed by atoms with Gasteiger partial charge in [0.25, 0.3) is 0 Å². The number of anilines is 1. The van der Waals surface area contributed by atoms with Crippen LogP contribution in [-0.2, 0) is 4.74 Å². The average molecular weight is 205 g/mol. The number of nitrogens with one attached hydrogen (secondary N) is 1. The summed E-state index contributed by atoms with van der Waals surface area (Å²) >= 11 is 0. The third-order valence-corrected chi connectivity index (χ3v) is 1.66. The van der Waals surface area contributed by atoms with Crippen LogP contribution in [0, 0.1) is 17.5 Å². The van der Waals surface area contributed by atoms with Crippen molar-refractivity contribution in [1.82, 2.24) is 0 Å². The third kappa shape index (κ3) is 2.38. The molecule has 0 bridgehead atoms. The molecule has 78 valence electrons. The normalized spacial score (nSPS) is 10.3. The van der Waals surface area contributed by atoms with Gasteiger partial charge in [-0.1, -0.05) is 0 Å². The van der Waals surface area contributed by atoms with E-state index in [9.17, 15) is 13.2 Å². The molecule has 0 aliphatic rings. The van der Waals surface area contributed by atoms with E-state index >= 15 is 0 Å². The van der Waals surface area contributed by atoms with Gasteiger partial charge in [-0.2, -0.15) is 0 Å². The smallest absolute Gasteiger partial charge is 0.196 e. The van der Waals surface area contributed by atoms with Crippen LogP contribution in [0.3, 0.4) is 0 Å². The van der Waals surface area contributed by atoms with Gasteiger partial charge in [-0.15, -0.1) is 0 Å². The molecule has 0 spiro atoms. The molecule has 0 radical (unpaired) electrons. The molecular formula is C9H10F3NO. The second-order valence-corrected chi connectivity index (χ2v) is 2.64. The van der Waals surface area contributed by atoms with E-state index in [1.807, 2.05) is 0 Å². The van der Waals surface area contributed by atoms with Gasteiger partial charge in [0, 0.05) is 13.7 Å². The first kappa shape index (κ1) is 10.8. The number of methoxy groups -OCH3 is 1. The highest BCUT2D eigenvalue weighted by molar-refractivity contribution is 5.45. The van der Waals surface area contributed by atoms with Crippen molar-refractivity contribution < 1.29 is 17.9 Å². The maximum absolute atomic E-state index is 13.0. The highest BCUT2D eigenvalue weighted by atomic mass is 19.2. The first-order valence-electron chi connectivity index (χ1n) is 4.03. The predicted molar refractivity (Wildman–Crippen MR) is 46.7 cm³/mol. The van der Waals surface area contributed by atoms with Crippen LogP contribution in [0.5, 0.6) is 0 Å². The Morgan fingerprint density at radius 3 is 2.57 bits per heavy atom. The van der Waals surface area contributed by atoms with Gasteiger partial charge in [-0.3, -0.25) is 0 Å². The van der Waals surface area contributed by atoms with E-state index in [2.05, 4.69) is 5.32 Å². The van der Waals surface area contributed by atoms with Crippen LogP contribution in [-0.4, -0.2) is 20.3 Å². The monoisotopic (exact) mass is 205 g/mol. The van der Waals surface area contributed by atoms with Gasteiger partial charge in [0.05, 0.1) is 12.3 Å². The van der Waals surface area contributed by atoms with Crippen molar-refractivity contribution in [2.75, 3.05) is 25.6 Å². The van der Waals surface area contributed by atoms with Crippen LogP contribution in [0.2, 0.25) is 0 Å². The summed E-state index contributed by atoms with van der Waals surface area (Å²) < 4.78 is 42.8. The van der Waals surface area contributed by atoms with Crippen LogP contribution in [0.1, 0.15) is 0 Å². The zero-order valence-corrected chi connectivity index (χ0v) is 7.61. The third-order valence-electron chi connectivity index (χ3n) is 1.66. The minimum atomic E-state index is -1.47. The number of halogens is 3. The number of benzene rings is 1. The van der Waals surface area contributed by atoms with Crippen molar-refractivity contribution in [3.63, 3.8) is 0 Å². The Kier molecular flexibility index (Phi) is 3.76. The lowest BCUT2D eigenvalue weighted by atomic mass is 10.3. The number of rotatable bonds is 4. The van der Waals surface area contributed by atoms with E-state index in [1.165, 1.54) is 7.11 Å². The molecule has 0 aliphatic heterocycles. The molecule has 0 aromatic heterocycles. The molecule has 1 aromatic carbocycles.